The summed E-state index contributed by atoms with van der Waals surface area (Å²) in [6.07, 6.45) is 0. The minimum absolute atomic E-state index is 0.363. The highest BCUT2D eigenvalue weighted by molar-refractivity contribution is 7.02. The van der Waals surface area contributed by atoms with Crippen molar-refractivity contribution in [2.45, 2.75) is 0 Å². The summed E-state index contributed by atoms with van der Waals surface area (Å²) in [5, 5.41) is 6.94. The number of rotatable bonds is 6. The van der Waals surface area contributed by atoms with Gasteiger partial charge >= 0.3 is 0 Å². The van der Waals surface area contributed by atoms with Crippen molar-refractivity contribution in [2.24, 2.45) is 0 Å². The zero-order chi connectivity index (χ0) is 59.9. The molecule has 0 spiro atoms. The van der Waals surface area contributed by atoms with E-state index in [1.54, 1.807) is 0 Å². The summed E-state index contributed by atoms with van der Waals surface area (Å²) in [6.45, 7) is -0.726. The Hall–Kier alpha value is -12.1. The molecule has 4 aliphatic rings. The van der Waals surface area contributed by atoms with Gasteiger partial charge in [-0.1, -0.05) is 176 Å². The van der Waals surface area contributed by atoms with Gasteiger partial charge in [-0.15, -0.1) is 0 Å². The number of hydrogen-bond acceptors (Lipinski definition) is 6. The van der Waals surface area contributed by atoms with Crippen molar-refractivity contribution in [2.75, 3.05) is 19.6 Å². The van der Waals surface area contributed by atoms with Gasteiger partial charge in [0.25, 0.3) is 13.4 Å². The minimum atomic E-state index is -0.363. The number of furan rings is 2. The summed E-state index contributed by atoms with van der Waals surface area (Å²) >= 11 is 0. The van der Waals surface area contributed by atoms with Crippen molar-refractivity contribution in [1.29, 1.82) is 0 Å². The van der Waals surface area contributed by atoms with Crippen molar-refractivity contribution in [3.8, 4) is 11.4 Å². The summed E-state index contributed by atoms with van der Waals surface area (Å²) in [5.74, 6) is 0. The van der Waals surface area contributed by atoms with Crippen LogP contribution in [0.4, 0.5) is 68.2 Å². The van der Waals surface area contributed by atoms with E-state index in [1.807, 2.05) is 0 Å². The van der Waals surface area contributed by atoms with E-state index in [1.165, 1.54) is 21.5 Å². The van der Waals surface area contributed by atoms with Crippen LogP contribution < -0.4 is 52.8 Å². The lowest BCUT2D eigenvalue weighted by molar-refractivity contribution is 0.651. The molecule has 0 saturated heterocycles. The molecule has 13 aromatic carbocycles. The number of hydrogen-bond donors (Lipinski definition) is 0. The third-order valence-electron chi connectivity index (χ3n) is 20.0. The van der Waals surface area contributed by atoms with Crippen LogP contribution in [0.2, 0.25) is 0 Å². The van der Waals surface area contributed by atoms with Gasteiger partial charge in [-0.25, -0.2) is 0 Å². The molecule has 0 bridgehead atoms. The molecule has 0 radical (unpaired) electrons. The third kappa shape index (κ3) is 6.71. The normalized spacial score (nSPS) is 13.5. The zero-order valence-corrected chi connectivity index (χ0v) is 49.5. The second-order valence-electron chi connectivity index (χ2n) is 24.7. The number of nitrogens with zero attached hydrogens (tertiary/aromatic N) is 6. The van der Waals surface area contributed by atoms with E-state index in [0.717, 1.165) is 157 Å². The molecule has 0 saturated carbocycles. The smallest absolute Gasteiger partial charge is 0.297 e. The topological polar surface area (TPSA) is 49.1 Å². The Balaban J connectivity index is 0.921. The fourth-order valence-electron chi connectivity index (χ4n) is 16.4. The van der Waals surface area contributed by atoms with Crippen molar-refractivity contribution < 1.29 is 8.83 Å². The average Bonchev–Trinajstić information content (AvgIpc) is 1.16. The maximum Gasteiger partial charge on any atom is 0.297 e. The van der Waals surface area contributed by atoms with Crippen LogP contribution in [0.25, 0.3) is 76.9 Å². The largest absolute Gasteiger partial charge is 0.468 e. The number of fused-ring (bicyclic) bond motifs is 18. The van der Waals surface area contributed by atoms with E-state index in [4.69, 9.17) is 8.83 Å². The predicted octanol–water partition coefficient (Wildman–Crippen LogP) is 17.5. The highest BCUT2D eigenvalue weighted by Gasteiger charge is 2.52. The van der Waals surface area contributed by atoms with Crippen LogP contribution >= 0.6 is 0 Å². The Kier molecular flexibility index (Phi) is 10.1. The van der Waals surface area contributed by atoms with Gasteiger partial charge in [0.2, 0.25) is 0 Å². The van der Waals surface area contributed by atoms with Crippen LogP contribution in [0, 0.1) is 0 Å². The van der Waals surface area contributed by atoms with Gasteiger partial charge in [0, 0.05) is 89.2 Å². The first kappa shape index (κ1) is 49.8. The van der Waals surface area contributed by atoms with Crippen LogP contribution in [-0.4, -0.2) is 22.6 Å². The summed E-state index contributed by atoms with van der Waals surface area (Å²) in [6, 6.07) is 111. The van der Waals surface area contributed by atoms with Crippen LogP contribution in [0.3, 0.4) is 0 Å². The Bertz CT molecular complexity index is 5490. The minimum Gasteiger partial charge on any atom is -0.468 e. The molecule has 92 heavy (non-hydrogen) atoms. The number of benzene rings is 13. The fourth-order valence-corrected chi connectivity index (χ4v) is 16.4. The molecule has 8 nitrogen and oxygen atoms in total. The molecule has 8 heterocycles. The Morgan fingerprint density at radius 2 is 0.511 bits per heavy atom. The van der Waals surface area contributed by atoms with E-state index in [2.05, 4.69) is 332 Å². The molecule has 10 heteroatoms. The zero-order valence-electron chi connectivity index (χ0n) is 49.5. The molecule has 4 aliphatic heterocycles. The van der Waals surface area contributed by atoms with Crippen LogP contribution in [-0.2, 0) is 0 Å². The second kappa shape index (κ2) is 18.7. The second-order valence-corrected chi connectivity index (χ2v) is 24.7. The third-order valence-corrected chi connectivity index (χ3v) is 20.0. The van der Waals surface area contributed by atoms with Crippen molar-refractivity contribution in [3.63, 3.8) is 0 Å². The van der Waals surface area contributed by atoms with E-state index in [9.17, 15) is 0 Å². The predicted molar refractivity (Wildman–Crippen MR) is 383 cm³/mol. The maximum atomic E-state index is 7.55. The van der Waals surface area contributed by atoms with Gasteiger partial charge in [0.1, 0.15) is 11.2 Å². The fraction of sp³-hybridized carbons (Fsp3) is 0. The molecular formula is C82H50B2N6O2. The van der Waals surface area contributed by atoms with Crippen molar-refractivity contribution in [3.05, 3.63) is 303 Å². The quantitative estimate of drug-likeness (QED) is 0.155. The first-order valence-electron chi connectivity index (χ1n) is 31.6. The standard InChI is InChI=1S/C82H50B2N6O2/c1-5-25-51(26-6-1)85-69-50-70-64(49-63(69)83-77-71(85)45-55(87-65-39-19-13-33-57(65)58-34-14-20-40-66(58)87)47-73(77)89(53-29-9-3-10-30-53)79-61-37-17-23-43-75(61)91-81(79)83)84-78-72(86(70)52-27-7-2-8-28-52)46-56(88-67-41-21-15-35-59(67)60-36-16-22-42-68(60)88)48-74(78)90(54-31-11-4-12-32-54)80-62-38-18-24-44-76(62)92-82(80)84/h1-50H. The van der Waals surface area contributed by atoms with Crippen LogP contribution in [0.5, 0.6) is 0 Å². The van der Waals surface area contributed by atoms with E-state index in [0.29, 0.717) is 0 Å². The van der Waals surface area contributed by atoms with Crippen LogP contribution in [0.1, 0.15) is 0 Å². The van der Waals surface area contributed by atoms with Crippen molar-refractivity contribution in [1.82, 2.24) is 9.13 Å². The Morgan fingerprint density at radius 3 is 0.859 bits per heavy atom. The average molecular weight is 1170 g/mol. The molecule has 4 aromatic heterocycles. The van der Waals surface area contributed by atoms with E-state index >= 15 is 0 Å². The van der Waals surface area contributed by atoms with Gasteiger partial charge < -0.3 is 37.6 Å². The molecule has 0 N–H and O–H groups in total. The van der Waals surface area contributed by atoms with Gasteiger partial charge in [-0.05, 0) is 149 Å². The molecule has 0 fully saturated rings. The molecular weight excluding hydrogens is 1120 g/mol. The lowest BCUT2D eigenvalue weighted by atomic mass is 9.32. The molecule has 0 unspecified atom stereocenters. The van der Waals surface area contributed by atoms with Gasteiger partial charge in [0.05, 0.1) is 56.1 Å². The Morgan fingerprint density at radius 1 is 0.228 bits per heavy atom. The molecule has 0 amide bonds. The molecule has 0 aliphatic carbocycles. The highest BCUT2D eigenvalue weighted by atomic mass is 16.3. The summed E-state index contributed by atoms with van der Waals surface area (Å²) in [5.41, 5.74) is 27.5. The Labute approximate surface area is 529 Å². The number of para-hydroxylation sites is 10. The monoisotopic (exact) mass is 1170 g/mol. The molecule has 0 atom stereocenters. The van der Waals surface area contributed by atoms with E-state index in [-0.39, 0.29) is 13.4 Å². The van der Waals surface area contributed by atoms with Gasteiger partial charge in [-0.3, -0.25) is 0 Å². The summed E-state index contributed by atoms with van der Waals surface area (Å²) in [7, 11) is 0. The maximum absolute atomic E-state index is 7.55. The first-order valence-corrected chi connectivity index (χ1v) is 31.6. The highest BCUT2D eigenvalue weighted by Crippen LogP contribution is 2.53. The molecule has 21 rings (SSSR count). The van der Waals surface area contributed by atoms with Gasteiger partial charge in [-0.2, -0.15) is 0 Å². The molecule has 426 valence electrons. The summed E-state index contributed by atoms with van der Waals surface area (Å²) in [4.78, 5) is 10.1. The number of anilines is 12. The van der Waals surface area contributed by atoms with Gasteiger partial charge in [0.15, 0.2) is 0 Å². The van der Waals surface area contributed by atoms with E-state index < -0.39 is 0 Å². The summed E-state index contributed by atoms with van der Waals surface area (Å²) < 4.78 is 20.0. The number of aromatic nitrogens is 2. The van der Waals surface area contributed by atoms with Crippen LogP contribution in [0.15, 0.2) is 312 Å². The van der Waals surface area contributed by atoms with Crippen molar-refractivity contribution >= 4 is 180 Å². The SMILES string of the molecule is c1ccc(N2c3cc4c(cc3B3c5oc6ccccc6c5N(c5ccccc5)c5cc(-n6c7ccccc7c7ccccc76)cc2c53)B2c3oc5ccccc5c3N(c3ccccc3)c3cc(-n5c6ccccc6c6ccccc65)cc(c32)N4c2ccccc2)cc1. The lowest BCUT2D eigenvalue weighted by Crippen LogP contribution is -2.65. The molecule has 17 aromatic rings. The lowest BCUT2D eigenvalue weighted by Gasteiger charge is -2.46. The first-order chi connectivity index (χ1) is 45.7.